The lowest BCUT2D eigenvalue weighted by Gasteiger charge is -2.20. The minimum absolute atomic E-state index is 0.0440. The van der Waals surface area contributed by atoms with Gasteiger partial charge in [-0.15, -0.1) is 0 Å². The van der Waals surface area contributed by atoms with E-state index in [-0.39, 0.29) is 18.5 Å². The van der Waals surface area contributed by atoms with Crippen LogP contribution >= 0.6 is 0 Å². The number of carbonyl (C=O) groups is 2. The van der Waals surface area contributed by atoms with Gasteiger partial charge in [0.25, 0.3) is 0 Å². The third-order valence-electron chi connectivity index (χ3n) is 14.3. The van der Waals surface area contributed by atoms with Crippen molar-refractivity contribution in [2.45, 2.75) is 334 Å². The highest BCUT2D eigenvalue weighted by molar-refractivity contribution is 5.76. The van der Waals surface area contributed by atoms with E-state index in [4.69, 9.17) is 4.74 Å². The van der Waals surface area contributed by atoms with E-state index in [0.29, 0.717) is 19.4 Å². The minimum Gasteiger partial charge on any atom is -0.465 e. The lowest BCUT2D eigenvalue weighted by atomic mass is 10.0. The van der Waals surface area contributed by atoms with Gasteiger partial charge < -0.3 is 20.3 Å². The molecule has 420 valence electrons. The molecule has 0 heterocycles. The first kappa shape index (κ1) is 69.6. The first-order chi connectivity index (χ1) is 35.5. The molecule has 0 aliphatic rings. The van der Waals surface area contributed by atoms with Crippen molar-refractivity contribution in [2.75, 3.05) is 13.2 Å². The molecule has 0 saturated carbocycles. The predicted molar refractivity (Wildman–Crippen MR) is 315 cm³/mol. The van der Waals surface area contributed by atoms with Crippen LogP contribution in [-0.2, 0) is 14.3 Å². The fourth-order valence-electron chi connectivity index (χ4n) is 9.44. The van der Waals surface area contributed by atoms with Crippen LogP contribution < -0.4 is 5.32 Å². The van der Waals surface area contributed by atoms with Crippen molar-refractivity contribution < 1.29 is 24.5 Å². The summed E-state index contributed by atoms with van der Waals surface area (Å²) in [4.78, 5) is 24.5. The molecule has 0 aromatic heterocycles. The molecule has 0 saturated heterocycles. The zero-order valence-corrected chi connectivity index (χ0v) is 47.9. The van der Waals surface area contributed by atoms with E-state index in [2.05, 4.69) is 67.8 Å². The van der Waals surface area contributed by atoms with E-state index in [1.54, 1.807) is 6.08 Å². The second-order valence-electron chi connectivity index (χ2n) is 21.4. The molecule has 0 bridgehead atoms. The maximum atomic E-state index is 12.5. The number of aliphatic hydroxyl groups is 2. The van der Waals surface area contributed by atoms with Crippen molar-refractivity contribution in [1.29, 1.82) is 0 Å². The van der Waals surface area contributed by atoms with Crippen LogP contribution in [0.25, 0.3) is 0 Å². The average molecular weight is 1010 g/mol. The topological polar surface area (TPSA) is 95.9 Å². The highest BCUT2D eigenvalue weighted by Gasteiger charge is 2.18. The van der Waals surface area contributed by atoms with Crippen molar-refractivity contribution in [1.82, 2.24) is 5.32 Å². The van der Waals surface area contributed by atoms with E-state index >= 15 is 0 Å². The number of esters is 1. The van der Waals surface area contributed by atoms with Gasteiger partial charge in [-0.1, -0.05) is 286 Å². The molecule has 0 aromatic rings. The monoisotopic (exact) mass is 1010 g/mol. The third kappa shape index (κ3) is 56.8. The van der Waals surface area contributed by atoms with E-state index in [9.17, 15) is 19.8 Å². The maximum Gasteiger partial charge on any atom is 0.305 e. The molecule has 0 rings (SSSR count). The zero-order chi connectivity index (χ0) is 52.2. The predicted octanol–water partition coefficient (Wildman–Crippen LogP) is 19.9. The van der Waals surface area contributed by atoms with Crippen LogP contribution in [0.15, 0.2) is 60.8 Å². The first-order valence-corrected chi connectivity index (χ1v) is 31.6. The van der Waals surface area contributed by atoms with Crippen molar-refractivity contribution >= 4 is 11.9 Å². The normalized spacial score (nSPS) is 13.0. The molecule has 0 aromatic carbocycles. The Hall–Kier alpha value is -2.44. The summed E-state index contributed by atoms with van der Waals surface area (Å²) in [6.45, 7) is 4.77. The molecule has 0 spiro atoms. The van der Waals surface area contributed by atoms with Crippen molar-refractivity contribution in [2.24, 2.45) is 0 Å². The van der Waals surface area contributed by atoms with Gasteiger partial charge in [-0.05, 0) is 83.5 Å². The summed E-state index contributed by atoms with van der Waals surface area (Å²) in [5, 5.41) is 23.2. The van der Waals surface area contributed by atoms with Gasteiger partial charge in [-0.3, -0.25) is 9.59 Å². The van der Waals surface area contributed by atoms with Gasteiger partial charge in [0.2, 0.25) is 5.91 Å². The van der Waals surface area contributed by atoms with Gasteiger partial charge >= 0.3 is 5.97 Å². The largest absolute Gasteiger partial charge is 0.465 e. The molecule has 2 unspecified atom stereocenters. The number of ether oxygens (including phenoxy) is 1. The number of carbonyl (C=O) groups excluding carboxylic acids is 2. The number of hydrogen-bond acceptors (Lipinski definition) is 5. The van der Waals surface area contributed by atoms with E-state index < -0.39 is 12.1 Å². The number of rotatable bonds is 58. The molecule has 0 fully saturated rings. The van der Waals surface area contributed by atoms with Crippen molar-refractivity contribution in [3.8, 4) is 0 Å². The average Bonchev–Trinajstić information content (AvgIpc) is 3.38. The van der Waals surface area contributed by atoms with Crippen molar-refractivity contribution in [3.63, 3.8) is 0 Å². The third-order valence-corrected chi connectivity index (χ3v) is 14.3. The zero-order valence-electron chi connectivity index (χ0n) is 47.9. The highest BCUT2D eigenvalue weighted by Crippen LogP contribution is 2.17. The Morgan fingerprint density at radius 2 is 0.694 bits per heavy atom. The number of hydrogen-bond donors (Lipinski definition) is 3. The Labute approximate surface area is 448 Å². The number of aliphatic hydroxyl groups excluding tert-OH is 2. The Balaban J connectivity index is 3.49. The molecule has 6 nitrogen and oxygen atoms in total. The Kier molecular flexibility index (Phi) is 59.0. The smallest absolute Gasteiger partial charge is 0.305 e. The second-order valence-corrected chi connectivity index (χ2v) is 21.4. The van der Waals surface area contributed by atoms with Crippen LogP contribution in [0.5, 0.6) is 0 Å². The molecule has 2 atom stereocenters. The van der Waals surface area contributed by atoms with Crippen LogP contribution in [0.2, 0.25) is 0 Å². The number of amides is 1. The molecular weight excluding hydrogens is 887 g/mol. The fraction of sp³-hybridized carbons (Fsp3) is 0.818. The van der Waals surface area contributed by atoms with Crippen LogP contribution in [-0.4, -0.2) is 47.4 Å². The SMILES string of the molecule is CCCCC/C=C\C/C=C\CCCCCCCCCC(=O)OCC/C=C\C/C=C\CCCCCCCCCCCCCCCCC(=O)NC(CO)C(O)/C=C/CCCCCCCCCCCCCCCCC. The summed E-state index contributed by atoms with van der Waals surface area (Å²) < 4.78 is 5.42. The molecule has 3 N–H and O–H groups in total. The van der Waals surface area contributed by atoms with E-state index in [0.717, 1.165) is 57.8 Å². The Morgan fingerprint density at radius 3 is 1.08 bits per heavy atom. The van der Waals surface area contributed by atoms with Gasteiger partial charge in [0.05, 0.1) is 25.4 Å². The summed E-state index contributed by atoms with van der Waals surface area (Å²) in [5.41, 5.74) is 0. The summed E-state index contributed by atoms with van der Waals surface area (Å²) in [6, 6.07) is -0.633. The molecule has 0 aliphatic heterocycles. The van der Waals surface area contributed by atoms with Crippen LogP contribution in [0.4, 0.5) is 0 Å². The van der Waals surface area contributed by atoms with Crippen molar-refractivity contribution in [3.05, 3.63) is 60.8 Å². The molecule has 0 aliphatic carbocycles. The maximum absolute atomic E-state index is 12.5. The van der Waals surface area contributed by atoms with Gasteiger partial charge in [-0.2, -0.15) is 0 Å². The molecule has 72 heavy (non-hydrogen) atoms. The molecular formula is C66H121NO5. The summed E-state index contributed by atoms with van der Waals surface area (Å²) in [7, 11) is 0. The summed E-state index contributed by atoms with van der Waals surface area (Å²) in [6.07, 6.45) is 79.9. The lowest BCUT2D eigenvalue weighted by Crippen LogP contribution is -2.45. The van der Waals surface area contributed by atoms with Gasteiger partial charge in [0.15, 0.2) is 0 Å². The van der Waals surface area contributed by atoms with Gasteiger partial charge in [0.1, 0.15) is 0 Å². The quantitative estimate of drug-likeness (QED) is 0.0320. The van der Waals surface area contributed by atoms with Crippen LogP contribution in [0.3, 0.4) is 0 Å². The molecule has 1 amide bonds. The molecule has 6 heteroatoms. The number of allylic oxidation sites excluding steroid dienone is 8. The first-order valence-electron chi connectivity index (χ1n) is 31.6. The number of nitrogens with one attached hydrogen (secondary N) is 1. The van der Waals surface area contributed by atoms with Gasteiger partial charge in [-0.25, -0.2) is 0 Å². The Bertz CT molecular complexity index is 1250. The molecule has 0 radical (unpaired) electrons. The van der Waals surface area contributed by atoms with Gasteiger partial charge in [0, 0.05) is 12.8 Å². The minimum atomic E-state index is -0.850. The summed E-state index contributed by atoms with van der Waals surface area (Å²) in [5.74, 6) is -0.116. The standard InChI is InChI=1S/C66H121NO5/c1-3-5-7-9-11-13-15-17-19-26-30-34-38-42-46-50-54-58-64(69)63(62-68)67-65(70)59-55-51-47-43-39-35-31-28-24-22-21-23-25-29-33-37-41-45-49-53-57-61-72-66(71)60-56-52-48-44-40-36-32-27-20-18-16-14-12-10-8-6-4-2/h12,14,18,20,37,41,49,53-54,58,63-64,68-69H,3-11,13,15-17,19,21-36,38-40,42-48,50-52,55-57,59-62H2,1-2H3,(H,67,70)/b14-12-,20-18-,41-37-,53-49-,58-54+. The second kappa shape index (κ2) is 61.1. The van der Waals surface area contributed by atoms with E-state index in [1.807, 2.05) is 6.08 Å². The fourth-order valence-corrected chi connectivity index (χ4v) is 9.44. The van der Waals surface area contributed by atoms with Crippen LogP contribution in [0.1, 0.15) is 322 Å². The highest BCUT2D eigenvalue weighted by atomic mass is 16.5. The lowest BCUT2D eigenvalue weighted by molar-refractivity contribution is -0.143. The Morgan fingerprint density at radius 1 is 0.389 bits per heavy atom. The van der Waals surface area contributed by atoms with E-state index in [1.165, 1.54) is 238 Å². The summed E-state index contributed by atoms with van der Waals surface area (Å²) >= 11 is 0. The number of unbranched alkanes of at least 4 members (excludes halogenated alkanes) is 39. The van der Waals surface area contributed by atoms with Crippen LogP contribution in [0, 0.1) is 0 Å².